The van der Waals surface area contributed by atoms with E-state index in [1.165, 1.54) is 10.4 Å². The normalized spacial score (nSPS) is 20.3. The fourth-order valence-electron chi connectivity index (χ4n) is 2.66. The van der Waals surface area contributed by atoms with Gasteiger partial charge in [0.1, 0.15) is 5.82 Å². The molecule has 126 valence electrons. The highest BCUT2D eigenvalue weighted by Crippen LogP contribution is 2.23. The summed E-state index contributed by atoms with van der Waals surface area (Å²) in [5.41, 5.74) is 0. The molecule has 1 aromatic rings. The first-order valence-corrected chi connectivity index (χ1v) is 9.16. The smallest absolute Gasteiger partial charge is 0.243 e. The number of halogens is 2. The number of hydrogen-bond donors (Lipinski definition) is 1. The lowest BCUT2D eigenvalue weighted by Crippen LogP contribution is -2.57. The van der Waals surface area contributed by atoms with Crippen molar-refractivity contribution in [2.45, 2.75) is 4.90 Å². The van der Waals surface area contributed by atoms with Crippen molar-refractivity contribution >= 4 is 27.5 Å². The van der Waals surface area contributed by atoms with Gasteiger partial charge >= 0.3 is 0 Å². The predicted octanol–water partition coefficient (Wildman–Crippen LogP) is 0.531. The topological polar surface area (TPSA) is 69.7 Å². The monoisotopic (exact) mass is 361 g/mol. The molecular formula is C14H17ClFN3O3S. The van der Waals surface area contributed by atoms with Gasteiger partial charge in [-0.15, -0.1) is 0 Å². The van der Waals surface area contributed by atoms with Crippen LogP contribution in [0.25, 0.3) is 0 Å². The summed E-state index contributed by atoms with van der Waals surface area (Å²) in [5.74, 6) is -0.574. The number of hydrogen-bond acceptors (Lipinski definition) is 4. The Balaban J connectivity index is 1.68. The highest BCUT2D eigenvalue weighted by Gasteiger charge is 2.34. The van der Waals surface area contributed by atoms with E-state index in [0.29, 0.717) is 26.2 Å². The van der Waals surface area contributed by atoms with E-state index >= 15 is 0 Å². The molecule has 0 unspecified atom stereocenters. The molecule has 0 radical (unpaired) electrons. The van der Waals surface area contributed by atoms with Gasteiger partial charge in [-0.2, -0.15) is 4.31 Å². The van der Waals surface area contributed by atoms with Gasteiger partial charge in [-0.05, 0) is 18.2 Å². The molecule has 0 aromatic heterocycles. The molecule has 1 aromatic carbocycles. The zero-order valence-electron chi connectivity index (χ0n) is 12.3. The van der Waals surface area contributed by atoms with Crippen LogP contribution in [0.1, 0.15) is 0 Å². The van der Waals surface area contributed by atoms with Gasteiger partial charge < -0.3 is 10.2 Å². The van der Waals surface area contributed by atoms with E-state index in [2.05, 4.69) is 5.32 Å². The molecular weight excluding hydrogens is 345 g/mol. The Morgan fingerprint density at radius 2 is 1.87 bits per heavy atom. The van der Waals surface area contributed by atoms with Gasteiger partial charge in [0.05, 0.1) is 15.8 Å². The summed E-state index contributed by atoms with van der Waals surface area (Å²) in [5, 5.41) is 2.82. The minimum Gasteiger partial charge on any atom is -0.340 e. The Hall–Kier alpha value is -1.22. The average molecular weight is 362 g/mol. The Labute approximate surface area is 139 Å². The molecule has 2 saturated heterocycles. The van der Waals surface area contributed by atoms with Gasteiger partial charge in [-0.1, -0.05) is 11.6 Å². The van der Waals surface area contributed by atoms with E-state index in [4.69, 9.17) is 11.6 Å². The second-order valence-corrected chi connectivity index (χ2v) is 8.01. The maximum Gasteiger partial charge on any atom is 0.243 e. The van der Waals surface area contributed by atoms with Crippen molar-refractivity contribution in [2.24, 2.45) is 5.92 Å². The van der Waals surface area contributed by atoms with Crippen LogP contribution in [0.15, 0.2) is 23.1 Å². The van der Waals surface area contributed by atoms with Crippen molar-refractivity contribution in [1.82, 2.24) is 14.5 Å². The Morgan fingerprint density at radius 3 is 2.39 bits per heavy atom. The third-order valence-electron chi connectivity index (χ3n) is 4.21. The Bertz CT molecular complexity index is 716. The molecule has 9 heteroatoms. The van der Waals surface area contributed by atoms with E-state index in [1.807, 2.05) is 0 Å². The number of piperazine rings is 1. The maximum atomic E-state index is 13.2. The lowest BCUT2D eigenvalue weighted by Gasteiger charge is -2.37. The Kier molecular flexibility index (Phi) is 4.59. The van der Waals surface area contributed by atoms with Gasteiger partial charge in [0.25, 0.3) is 0 Å². The van der Waals surface area contributed by atoms with Gasteiger partial charge in [-0.3, -0.25) is 4.79 Å². The summed E-state index contributed by atoms with van der Waals surface area (Å²) in [7, 11) is -3.73. The van der Waals surface area contributed by atoms with E-state index in [0.717, 1.165) is 12.1 Å². The minimum absolute atomic E-state index is 0.00839. The van der Waals surface area contributed by atoms with Gasteiger partial charge in [0, 0.05) is 39.3 Å². The number of amides is 1. The molecule has 1 amide bonds. The van der Waals surface area contributed by atoms with Crippen LogP contribution in [0.3, 0.4) is 0 Å². The summed E-state index contributed by atoms with van der Waals surface area (Å²) < 4.78 is 39.6. The van der Waals surface area contributed by atoms with Crippen LogP contribution in [0.5, 0.6) is 0 Å². The van der Waals surface area contributed by atoms with Crippen LogP contribution in [0, 0.1) is 11.7 Å². The van der Waals surface area contributed by atoms with Crippen molar-refractivity contribution < 1.29 is 17.6 Å². The predicted molar refractivity (Wildman–Crippen MR) is 83.1 cm³/mol. The van der Waals surface area contributed by atoms with Crippen LogP contribution in [0.2, 0.25) is 5.02 Å². The van der Waals surface area contributed by atoms with E-state index in [9.17, 15) is 17.6 Å². The minimum atomic E-state index is -3.73. The largest absolute Gasteiger partial charge is 0.340 e. The number of nitrogens with one attached hydrogen (secondary N) is 1. The number of nitrogens with zero attached hydrogens (tertiary/aromatic N) is 2. The molecule has 0 spiro atoms. The van der Waals surface area contributed by atoms with Crippen molar-refractivity contribution in [1.29, 1.82) is 0 Å². The van der Waals surface area contributed by atoms with Gasteiger partial charge in [0.2, 0.25) is 15.9 Å². The molecule has 2 fully saturated rings. The first kappa shape index (κ1) is 16.6. The van der Waals surface area contributed by atoms with Crippen molar-refractivity contribution in [3.63, 3.8) is 0 Å². The highest BCUT2D eigenvalue weighted by atomic mass is 35.5. The first-order chi connectivity index (χ1) is 10.9. The number of sulfonamides is 1. The SMILES string of the molecule is O=C(C1CNC1)N1CCN(S(=O)(=O)c2ccc(F)c(Cl)c2)CC1. The standard InChI is InChI=1S/C14H17ClFN3O3S/c15-12-7-11(1-2-13(12)16)23(21,22)19-5-3-18(4-6-19)14(20)10-8-17-9-10/h1-2,7,10,17H,3-6,8-9H2. The molecule has 3 rings (SSSR count). The van der Waals surface area contributed by atoms with Crippen LogP contribution < -0.4 is 5.32 Å². The number of rotatable bonds is 3. The molecule has 0 aliphatic carbocycles. The molecule has 0 saturated carbocycles. The number of carbonyl (C=O) groups is 1. The second-order valence-electron chi connectivity index (χ2n) is 5.66. The van der Waals surface area contributed by atoms with Crippen molar-refractivity contribution in [3.05, 3.63) is 29.0 Å². The Morgan fingerprint density at radius 1 is 1.22 bits per heavy atom. The molecule has 6 nitrogen and oxygen atoms in total. The zero-order chi connectivity index (χ0) is 16.6. The summed E-state index contributed by atoms with van der Waals surface area (Å²) in [4.78, 5) is 13.8. The summed E-state index contributed by atoms with van der Waals surface area (Å²) in [6, 6.07) is 3.36. The third kappa shape index (κ3) is 3.21. The quantitative estimate of drug-likeness (QED) is 0.852. The van der Waals surface area contributed by atoms with Gasteiger partial charge in [-0.25, -0.2) is 12.8 Å². The lowest BCUT2D eigenvalue weighted by atomic mass is 10.0. The van der Waals surface area contributed by atoms with Crippen LogP contribution in [-0.4, -0.2) is 62.8 Å². The summed E-state index contributed by atoms with van der Waals surface area (Å²) >= 11 is 5.66. The van der Waals surface area contributed by atoms with Crippen LogP contribution >= 0.6 is 11.6 Å². The lowest BCUT2D eigenvalue weighted by molar-refractivity contribution is -0.138. The molecule has 2 aliphatic heterocycles. The first-order valence-electron chi connectivity index (χ1n) is 7.34. The molecule has 23 heavy (non-hydrogen) atoms. The maximum absolute atomic E-state index is 13.2. The summed E-state index contributed by atoms with van der Waals surface area (Å²) in [6.07, 6.45) is 0. The average Bonchev–Trinajstić information content (AvgIpc) is 2.48. The highest BCUT2D eigenvalue weighted by molar-refractivity contribution is 7.89. The van der Waals surface area contributed by atoms with E-state index < -0.39 is 15.8 Å². The van der Waals surface area contributed by atoms with Crippen LogP contribution in [0.4, 0.5) is 4.39 Å². The van der Waals surface area contributed by atoms with Crippen molar-refractivity contribution in [2.75, 3.05) is 39.3 Å². The molecule has 0 atom stereocenters. The fraction of sp³-hybridized carbons (Fsp3) is 0.500. The molecule has 2 aliphatic rings. The fourth-order valence-corrected chi connectivity index (χ4v) is 4.35. The molecule has 1 N–H and O–H groups in total. The van der Waals surface area contributed by atoms with Crippen molar-refractivity contribution in [3.8, 4) is 0 Å². The van der Waals surface area contributed by atoms with E-state index in [1.54, 1.807) is 4.90 Å². The number of benzene rings is 1. The molecule has 0 bridgehead atoms. The second kappa shape index (κ2) is 6.35. The van der Waals surface area contributed by atoms with E-state index in [-0.39, 0.29) is 34.8 Å². The zero-order valence-corrected chi connectivity index (χ0v) is 13.9. The number of carbonyl (C=O) groups excluding carboxylic acids is 1. The van der Waals surface area contributed by atoms with Gasteiger partial charge in [0.15, 0.2) is 0 Å². The molecule has 2 heterocycles. The summed E-state index contributed by atoms with van der Waals surface area (Å²) in [6.45, 7) is 2.55. The van der Waals surface area contributed by atoms with Crippen LogP contribution in [-0.2, 0) is 14.8 Å². The third-order valence-corrected chi connectivity index (χ3v) is 6.39.